The van der Waals surface area contributed by atoms with Crippen molar-refractivity contribution in [1.29, 1.82) is 0 Å². The molecule has 0 aromatic heterocycles. The van der Waals surface area contributed by atoms with Gasteiger partial charge in [-0.3, -0.25) is 9.59 Å². The average Bonchev–Trinajstić information content (AvgIpc) is 3.16. The summed E-state index contributed by atoms with van der Waals surface area (Å²) in [5.74, 6) is -0.873. The normalized spacial score (nSPS) is 15.8. The highest BCUT2D eigenvalue weighted by molar-refractivity contribution is 5.81. The number of benzene rings is 1. The number of nitrogens with one attached hydrogen (secondary N) is 1. The lowest BCUT2D eigenvalue weighted by atomic mass is 10.0. The number of aryl methyl sites for hydroxylation is 2. The fourth-order valence-electron chi connectivity index (χ4n) is 2.11. The van der Waals surface area contributed by atoms with Crippen molar-refractivity contribution in [2.24, 2.45) is 5.41 Å². The van der Waals surface area contributed by atoms with Crippen molar-refractivity contribution in [2.45, 2.75) is 32.6 Å². The number of amides is 1. The van der Waals surface area contributed by atoms with Gasteiger partial charge in [-0.25, -0.2) is 0 Å². The van der Waals surface area contributed by atoms with Crippen LogP contribution >= 0.6 is 0 Å². The molecule has 0 atom stereocenters. The highest BCUT2D eigenvalue weighted by atomic mass is 16.4. The van der Waals surface area contributed by atoms with Gasteiger partial charge < -0.3 is 10.4 Å². The van der Waals surface area contributed by atoms with E-state index in [-0.39, 0.29) is 12.5 Å². The van der Waals surface area contributed by atoms with Gasteiger partial charge >= 0.3 is 5.97 Å². The zero-order valence-corrected chi connectivity index (χ0v) is 11.1. The smallest absolute Gasteiger partial charge is 0.311 e. The Morgan fingerprint density at radius 3 is 2.58 bits per heavy atom. The van der Waals surface area contributed by atoms with Crippen molar-refractivity contribution in [1.82, 2.24) is 5.32 Å². The number of carbonyl (C=O) groups excluding carboxylic acids is 1. The molecule has 4 nitrogen and oxygen atoms in total. The zero-order chi connectivity index (χ0) is 13.9. The van der Waals surface area contributed by atoms with Crippen molar-refractivity contribution >= 4 is 11.9 Å². The number of hydrogen-bond donors (Lipinski definition) is 2. The summed E-state index contributed by atoms with van der Waals surface area (Å²) >= 11 is 0. The number of carboxylic acids is 1. The van der Waals surface area contributed by atoms with E-state index in [0.29, 0.717) is 25.7 Å². The van der Waals surface area contributed by atoms with Crippen LogP contribution in [-0.2, 0) is 16.0 Å². The van der Waals surface area contributed by atoms with E-state index >= 15 is 0 Å². The molecule has 4 heteroatoms. The van der Waals surface area contributed by atoms with Gasteiger partial charge in [-0.05, 0) is 37.3 Å². The molecule has 0 aliphatic heterocycles. The van der Waals surface area contributed by atoms with E-state index in [2.05, 4.69) is 5.32 Å². The summed E-state index contributed by atoms with van der Waals surface area (Å²) < 4.78 is 0. The standard InChI is InChI=1S/C15H19NO3/c1-11-4-2-3-5-12(11)6-7-13(17)16-10-15(8-9-15)14(18)19/h2-5H,6-10H2,1H3,(H,16,17)(H,18,19). The average molecular weight is 261 g/mol. The number of aliphatic carboxylic acids is 1. The third-order valence-electron chi connectivity index (χ3n) is 3.81. The van der Waals surface area contributed by atoms with Crippen molar-refractivity contribution in [2.75, 3.05) is 6.54 Å². The summed E-state index contributed by atoms with van der Waals surface area (Å²) in [4.78, 5) is 22.7. The summed E-state index contributed by atoms with van der Waals surface area (Å²) in [7, 11) is 0. The fourth-order valence-corrected chi connectivity index (χ4v) is 2.11. The number of hydrogen-bond acceptors (Lipinski definition) is 2. The van der Waals surface area contributed by atoms with E-state index in [1.54, 1.807) is 0 Å². The molecule has 1 aromatic carbocycles. The molecular formula is C15H19NO3. The first-order chi connectivity index (χ1) is 9.03. The summed E-state index contributed by atoms with van der Waals surface area (Å²) in [5, 5.41) is 11.7. The van der Waals surface area contributed by atoms with Gasteiger partial charge in [-0.2, -0.15) is 0 Å². The molecule has 1 aliphatic carbocycles. The van der Waals surface area contributed by atoms with Gasteiger partial charge in [0, 0.05) is 13.0 Å². The molecule has 2 rings (SSSR count). The van der Waals surface area contributed by atoms with Crippen LogP contribution in [0.25, 0.3) is 0 Å². The predicted molar refractivity (Wildman–Crippen MR) is 71.8 cm³/mol. The van der Waals surface area contributed by atoms with E-state index in [0.717, 1.165) is 5.56 Å². The minimum atomic E-state index is -0.799. The number of carbonyl (C=O) groups is 2. The molecule has 1 fully saturated rings. The SMILES string of the molecule is Cc1ccccc1CCC(=O)NCC1(C(=O)O)CC1. The van der Waals surface area contributed by atoms with Gasteiger partial charge in [0.15, 0.2) is 0 Å². The lowest BCUT2D eigenvalue weighted by Crippen LogP contribution is -2.34. The molecule has 1 aromatic rings. The van der Waals surface area contributed by atoms with E-state index in [1.165, 1.54) is 5.56 Å². The monoisotopic (exact) mass is 261 g/mol. The van der Waals surface area contributed by atoms with E-state index in [1.807, 2.05) is 31.2 Å². The lowest BCUT2D eigenvalue weighted by Gasteiger charge is -2.11. The van der Waals surface area contributed by atoms with Crippen LogP contribution in [0.3, 0.4) is 0 Å². The van der Waals surface area contributed by atoms with E-state index < -0.39 is 11.4 Å². The van der Waals surface area contributed by atoms with Crippen LogP contribution in [0.4, 0.5) is 0 Å². The second-order valence-electron chi connectivity index (χ2n) is 5.29. The maximum atomic E-state index is 11.7. The van der Waals surface area contributed by atoms with Crippen molar-refractivity contribution < 1.29 is 14.7 Å². The molecule has 1 aliphatic rings. The Labute approximate surface area is 112 Å². The number of carboxylic acid groups (broad SMARTS) is 1. The van der Waals surface area contributed by atoms with E-state index in [9.17, 15) is 9.59 Å². The number of rotatable bonds is 6. The van der Waals surface area contributed by atoms with Gasteiger partial charge in [-0.1, -0.05) is 24.3 Å². The molecule has 0 spiro atoms. The Bertz CT molecular complexity index is 492. The zero-order valence-electron chi connectivity index (χ0n) is 11.1. The van der Waals surface area contributed by atoms with Crippen LogP contribution in [-0.4, -0.2) is 23.5 Å². The third kappa shape index (κ3) is 3.34. The first-order valence-corrected chi connectivity index (χ1v) is 6.58. The lowest BCUT2D eigenvalue weighted by molar-refractivity contribution is -0.143. The molecule has 0 saturated heterocycles. The Balaban J connectivity index is 1.77. The minimum Gasteiger partial charge on any atom is -0.481 e. The topological polar surface area (TPSA) is 66.4 Å². The highest BCUT2D eigenvalue weighted by Crippen LogP contribution is 2.45. The predicted octanol–water partition coefficient (Wildman–Crippen LogP) is 1.91. The van der Waals surface area contributed by atoms with Gasteiger partial charge in [-0.15, -0.1) is 0 Å². The molecule has 1 amide bonds. The maximum absolute atomic E-state index is 11.7. The first kappa shape index (κ1) is 13.6. The molecule has 0 heterocycles. The first-order valence-electron chi connectivity index (χ1n) is 6.58. The van der Waals surface area contributed by atoms with Crippen LogP contribution < -0.4 is 5.32 Å². The van der Waals surface area contributed by atoms with Crippen LogP contribution in [0.2, 0.25) is 0 Å². The van der Waals surface area contributed by atoms with Gasteiger partial charge in [0.05, 0.1) is 5.41 Å². The summed E-state index contributed by atoms with van der Waals surface area (Å²) in [6.07, 6.45) is 2.43. The molecular weight excluding hydrogens is 242 g/mol. The largest absolute Gasteiger partial charge is 0.481 e. The van der Waals surface area contributed by atoms with E-state index in [4.69, 9.17) is 5.11 Å². The Hall–Kier alpha value is -1.84. The molecule has 0 unspecified atom stereocenters. The van der Waals surface area contributed by atoms with Gasteiger partial charge in [0.1, 0.15) is 0 Å². The summed E-state index contributed by atoms with van der Waals surface area (Å²) in [6.45, 7) is 2.28. The second kappa shape index (κ2) is 5.43. The Morgan fingerprint density at radius 2 is 2.00 bits per heavy atom. The van der Waals surface area contributed by atoms with Crippen molar-refractivity contribution in [3.8, 4) is 0 Å². The Kier molecular flexibility index (Phi) is 3.88. The fraction of sp³-hybridized carbons (Fsp3) is 0.467. The molecule has 0 radical (unpaired) electrons. The second-order valence-corrected chi connectivity index (χ2v) is 5.29. The molecule has 0 bridgehead atoms. The van der Waals surface area contributed by atoms with Crippen molar-refractivity contribution in [3.05, 3.63) is 35.4 Å². The molecule has 102 valence electrons. The summed E-state index contributed by atoms with van der Waals surface area (Å²) in [6, 6.07) is 7.98. The van der Waals surface area contributed by atoms with Crippen LogP contribution in [0, 0.1) is 12.3 Å². The van der Waals surface area contributed by atoms with Gasteiger partial charge in [0.25, 0.3) is 0 Å². The van der Waals surface area contributed by atoms with Gasteiger partial charge in [0.2, 0.25) is 5.91 Å². The molecule has 1 saturated carbocycles. The third-order valence-corrected chi connectivity index (χ3v) is 3.81. The Morgan fingerprint density at radius 1 is 1.32 bits per heavy atom. The van der Waals surface area contributed by atoms with Crippen molar-refractivity contribution in [3.63, 3.8) is 0 Å². The molecule has 2 N–H and O–H groups in total. The highest BCUT2D eigenvalue weighted by Gasteiger charge is 2.50. The van der Waals surface area contributed by atoms with Crippen LogP contribution in [0.1, 0.15) is 30.4 Å². The van der Waals surface area contributed by atoms with Crippen LogP contribution in [0.5, 0.6) is 0 Å². The van der Waals surface area contributed by atoms with Crippen LogP contribution in [0.15, 0.2) is 24.3 Å². The quantitative estimate of drug-likeness (QED) is 0.822. The maximum Gasteiger partial charge on any atom is 0.311 e. The molecule has 19 heavy (non-hydrogen) atoms. The summed E-state index contributed by atoms with van der Waals surface area (Å²) in [5.41, 5.74) is 1.66. The minimum absolute atomic E-state index is 0.0734.